The fraction of sp³-hybridized carbons (Fsp3) is 0.533. The van der Waals surface area contributed by atoms with Crippen LogP contribution in [0.1, 0.15) is 36.0 Å². The van der Waals surface area contributed by atoms with Gasteiger partial charge in [-0.25, -0.2) is 0 Å². The lowest BCUT2D eigenvalue weighted by atomic mass is 9.98. The zero-order chi connectivity index (χ0) is 12.4. The van der Waals surface area contributed by atoms with E-state index in [4.69, 9.17) is 4.74 Å². The number of hydrogen-bond donors (Lipinski definition) is 1. The van der Waals surface area contributed by atoms with E-state index in [9.17, 15) is 4.79 Å². The molecule has 1 unspecified atom stereocenters. The van der Waals surface area contributed by atoms with Gasteiger partial charge in [0.05, 0.1) is 6.10 Å². The fourth-order valence-corrected chi connectivity index (χ4v) is 2.37. The number of ether oxygens (including phenoxy) is 1. The normalized spacial score (nSPS) is 23.0. The van der Waals surface area contributed by atoms with Crippen molar-refractivity contribution in [3.05, 3.63) is 29.8 Å². The molecule has 1 aromatic rings. The number of carbonyl (C=O) groups is 1. The average Bonchev–Trinajstić information content (AvgIpc) is 3.04. The van der Waals surface area contributed by atoms with Gasteiger partial charge in [-0.1, -0.05) is 0 Å². The van der Waals surface area contributed by atoms with Crippen LogP contribution in [0.2, 0.25) is 0 Å². The van der Waals surface area contributed by atoms with Crippen LogP contribution in [0.3, 0.4) is 0 Å². The SMILES string of the molecule is O=C(CC1CCNC1)c1ccc(OC2CC2)cc1. The molecule has 0 aromatic heterocycles. The Morgan fingerprint density at radius 2 is 2.00 bits per heavy atom. The second-order valence-electron chi connectivity index (χ2n) is 5.33. The Hall–Kier alpha value is -1.35. The van der Waals surface area contributed by atoms with E-state index in [0.717, 1.165) is 43.7 Å². The molecule has 1 N–H and O–H groups in total. The summed E-state index contributed by atoms with van der Waals surface area (Å²) in [5.74, 6) is 1.65. The van der Waals surface area contributed by atoms with Crippen LogP contribution in [0, 0.1) is 5.92 Å². The molecule has 0 bridgehead atoms. The van der Waals surface area contributed by atoms with Crippen molar-refractivity contribution in [3.8, 4) is 5.75 Å². The van der Waals surface area contributed by atoms with Crippen LogP contribution < -0.4 is 10.1 Å². The summed E-state index contributed by atoms with van der Waals surface area (Å²) in [6.07, 6.45) is 4.52. The van der Waals surface area contributed by atoms with E-state index in [-0.39, 0.29) is 5.78 Å². The Morgan fingerprint density at radius 3 is 2.61 bits per heavy atom. The Balaban J connectivity index is 1.58. The Morgan fingerprint density at radius 1 is 1.22 bits per heavy atom. The highest BCUT2D eigenvalue weighted by Crippen LogP contribution is 2.27. The third-order valence-corrected chi connectivity index (χ3v) is 3.64. The van der Waals surface area contributed by atoms with Crippen molar-refractivity contribution in [1.29, 1.82) is 0 Å². The monoisotopic (exact) mass is 245 g/mol. The molecule has 1 aliphatic heterocycles. The van der Waals surface area contributed by atoms with Crippen molar-refractivity contribution in [2.75, 3.05) is 13.1 Å². The van der Waals surface area contributed by atoms with Crippen molar-refractivity contribution >= 4 is 5.78 Å². The first-order valence-electron chi connectivity index (χ1n) is 6.82. The summed E-state index contributed by atoms with van der Waals surface area (Å²) in [7, 11) is 0. The van der Waals surface area contributed by atoms with Gasteiger partial charge in [0.1, 0.15) is 5.75 Å². The van der Waals surface area contributed by atoms with Crippen molar-refractivity contribution in [1.82, 2.24) is 5.32 Å². The summed E-state index contributed by atoms with van der Waals surface area (Å²) in [6.45, 7) is 2.03. The van der Waals surface area contributed by atoms with E-state index in [1.54, 1.807) is 0 Å². The summed E-state index contributed by atoms with van der Waals surface area (Å²) in [5.41, 5.74) is 0.810. The predicted octanol–water partition coefficient (Wildman–Crippen LogP) is 2.41. The van der Waals surface area contributed by atoms with Gasteiger partial charge < -0.3 is 10.1 Å². The lowest BCUT2D eigenvalue weighted by Gasteiger charge is -2.08. The van der Waals surface area contributed by atoms with Gasteiger partial charge >= 0.3 is 0 Å². The standard InChI is InChI=1S/C15H19NO2/c17-15(9-11-7-8-16-10-11)12-1-3-13(4-2-12)18-14-5-6-14/h1-4,11,14,16H,5-10H2. The molecule has 1 saturated carbocycles. The van der Waals surface area contributed by atoms with E-state index in [2.05, 4.69) is 5.32 Å². The van der Waals surface area contributed by atoms with Gasteiger partial charge in [-0.2, -0.15) is 0 Å². The van der Waals surface area contributed by atoms with E-state index in [0.29, 0.717) is 18.4 Å². The lowest BCUT2D eigenvalue weighted by Crippen LogP contribution is -2.12. The third kappa shape index (κ3) is 2.91. The van der Waals surface area contributed by atoms with Crippen molar-refractivity contribution in [2.45, 2.75) is 31.8 Å². The fourth-order valence-electron chi connectivity index (χ4n) is 2.37. The lowest BCUT2D eigenvalue weighted by molar-refractivity contribution is 0.0964. The van der Waals surface area contributed by atoms with Crippen LogP contribution in [0.4, 0.5) is 0 Å². The van der Waals surface area contributed by atoms with E-state index >= 15 is 0 Å². The maximum Gasteiger partial charge on any atom is 0.163 e. The summed E-state index contributed by atoms with van der Waals surface area (Å²) < 4.78 is 5.67. The molecule has 2 aliphatic rings. The molecule has 0 radical (unpaired) electrons. The zero-order valence-corrected chi connectivity index (χ0v) is 10.5. The quantitative estimate of drug-likeness (QED) is 0.810. The second-order valence-corrected chi connectivity index (χ2v) is 5.33. The molecule has 1 aromatic carbocycles. The Kier molecular flexibility index (Phi) is 3.33. The summed E-state index contributed by atoms with van der Waals surface area (Å²) in [5, 5.41) is 3.29. The zero-order valence-electron chi connectivity index (χ0n) is 10.5. The van der Waals surface area contributed by atoms with Crippen LogP contribution >= 0.6 is 0 Å². The van der Waals surface area contributed by atoms with Crippen molar-refractivity contribution in [2.24, 2.45) is 5.92 Å². The van der Waals surface area contributed by atoms with Gasteiger partial charge in [0, 0.05) is 12.0 Å². The summed E-state index contributed by atoms with van der Waals surface area (Å²) in [6, 6.07) is 7.61. The predicted molar refractivity (Wildman–Crippen MR) is 70.0 cm³/mol. The van der Waals surface area contributed by atoms with Gasteiger partial charge in [0.25, 0.3) is 0 Å². The van der Waals surface area contributed by atoms with Crippen molar-refractivity contribution in [3.63, 3.8) is 0 Å². The number of nitrogens with one attached hydrogen (secondary N) is 1. The summed E-state index contributed by atoms with van der Waals surface area (Å²) >= 11 is 0. The van der Waals surface area contributed by atoms with Gasteiger partial charge in [-0.15, -0.1) is 0 Å². The van der Waals surface area contributed by atoms with E-state index in [1.165, 1.54) is 0 Å². The van der Waals surface area contributed by atoms with E-state index in [1.807, 2.05) is 24.3 Å². The van der Waals surface area contributed by atoms with Gasteiger partial charge in [-0.3, -0.25) is 4.79 Å². The molecular weight excluding hydrogens is 226 g/mol. The highest BCUT2D eigenvalue weighted by molar-refractivity contribution is 5.96. The highest BCUT2D eigenvalue weighted by atomic mass is 16.5. The number of hydrogen-bond acceptors (Lipinski definition) is 3. The topological polar surface area (TPSA) is 38.3 Å². The number of Topliss-reactive ketones (excluding diaryl/α,β-unsaturated/α-hetero) is 1. The van der Waals surface area contributed by atoms with Crippen molar-refractivity contribution < 1.29 is 9.53 Å². The maximum absolute atomic E-state index is 12.1. The Bertz CT molecular complexity index is 417. The number of ketones is 1. The number of benzene rings is 1. The molecule has 2 fully saturated rings. The summed E-state index contributed by atoms with van der Waals surface area (Å²) in [4.78, 5) is 12.1. The molecule has 0 amide bonds. The van der Waals surface area contributed by atoms with Gasteiger partial charge in [0.15, 0.2) is 5.78 Å². The minimum Gasteiger partial charge on any atom is -0.490 e. The average molecular weight is 245 g/mol. The van der Waals surface area contributed by atoms with Crippen LogP contribution in [0.5, 0.6) is 5.75 Å². The van der Waals surface area contributed by atoms with Crippen LogP contribution in [-0.4, -0.2) is 25.0 Å². The largest absolute Gasteiger partial charge is 0.490 e. The highest BCUT2D eigenvalue weighted by Gasteiger charge is 2.23. The maximum atomic E-state index is 12.1. The molecule has 18 heavy (non-hydrogen) atoms. The molecule has 1 aliphatic carbocycles. The smallest absolute Gasteiger partial charge is 0.163 e. The van der Waals surface area contributed by atoms with Gasteiger partial charge in [0.2, 0.25) is 0 Å². The molecule has 3 heteroatoms. The molecule has 96 valence electrons. The first-order valence-corrected chi connectivity index (χ1v) is 6.82. The molecular formula is C15H19NO2. The molecule has 1 atom stereocenters. The second kappa shape index (κ2) is 5.11. The van der Waals surface area contributed by atoms with E-state index < -0.39 is 0 Å². The first kappa shape index (κ1) is 11.7. The molecule has 1 heterocycles. The molecule has 3 nitrogen and oxygen atoms in total. The molecule has 0 spiro atoms. The van der Waals surface area contributed by atoms with Crippen LogP contribution in [-0.2, 0) is 0 Å². The molecule has 1 saturated heterocycles. The minimum absolute atomic E-state index is 0.252. The molecule has 3 rings (SSSR count). The minimum atomic E-state index is 0.252. The first-order chi connectivity index (χ1) is 8.81. The Labute approximate surface area is 108 Å². The third-order valence-electron chi connectivity index (χ3n) is 3.64. The van der Waals surface area contributed by atoms with Gasteiger partial charge in [-0.05, 0) is 62.5 Å². The number of carbonyl (C=O) groups excluding carboxylic acids is 1. The van der Waals surface area contributed by atoms with Crippen LogP contribution in [0.15, 0.2) is 24.3 Å². The van der Waals surface area contributed by atoms with Crippen LogP contribution in [0.25, 0.3) is 0 Å². The number of rotatable bonds is 5.